The largest absolute Gasteiger partial charge is 0.480 e. The highest BCUT2D eigenvalue weighted by atomic mass is 16.4. The molecule has 1 aliphatic rings. The molecule has 1 heterocycles. The van der Waals surface area contributed by atoms with Gasteiger partial charge in [-0.1, -0.05) is 0 Å². The monoisotopic (exact) mass is 200 g/mol. The van der Waals surface area contributed by atoms with E-state index in [2.05, 4.69) is 0 Å². The van der Waals surface area contributed by atoms with Gasteiger partial charge in [0.15, 0.2) is 0 Å². The molecule has 0 bridgehead atoms. The Morgan fingerprint density at radius 2 is 2.07 bits per heavy atom. The number of nitrogens with zero attached hydrogens (tertiary/aromatic N) is 2. The maximum atomic E-state index is 11.4. The summed E-state index contributed by atoms with van der Waals surface area (Å²) in [7, 11) is 1.52. The minimum atomic E-state index is -1.11. The van der Waals surface area contributed by atoms with Crippen LogP contribution in [0.15, 0.2) is 0 Å². The van der Waals surface area contributed by atoms with Crippen LogP contribution in [0.5, 0.6) is 0 Å². The number of amides is 2. The second-order valence-electron chi connectivity index (χ2n) is 3.36. The van der Waals surface area contributed by atoms with E-state index in [9.17, 15) is 14.4 Å². The molecule has 2 amide bonds. The van der Waals surface area contributed by atoms with E-state index in [-0.39, 0.29) is 6.04 Å². The standard InChI is InChI=1S/C8H12N2O4/c1-5-3-9(2)7(13)8(14)10(5)4-6(11)12/h5H,3-4H2,1-2H3,(H,11,12). The molecule has 1 unspecified atom stereocenters. The Kier molecular flexibility index (Phi) is 2.73. The Hall–Kier alpha value is -1.59. The number of carboxylic acids is 1. The van der Waals surface area contributed by atoms with Gasteiger partial charge in [0.05, 0.1) is 0 Å². The topological polar surface area (TPSA) is 77.9 Å². The summed E-state index contributed by atoms with van der Waals surface area (Å²) in [6.07, 6.45) is 0. The number of carbonyl (C=O) groups is 3. The van der Waals surface area contributed by atoms with E-state index in [1.165, 1.54) is 11.9 Å². The van der Waals surface area contributed by atoms with Gasteiger partial charge >= 0.3 is 17.8 Å². The molecule has 78 valence electrons. The van der Waals surface area contributed by atoms with Crippen molar-refractivity contribution in [2.45, 2.75) is 13.0 Å². The molecule has 0 spiro atoms. The van der Waals surface area contributed by atoms with Crippen LogP contribution >= 0.6 is 0 Å². The van der Waals surface area contributed by atoms with Gasteiger partial charge in [0, 0.05) is 19.6 Å². The van der Waals surface area contributed by atoms with Gasteiger partial charge in [-0.3, -0.25) is 14.4 Å². The smallest absolute Gasteiger partial charge is 0.323 e. The second kappa shape index (κ2) is 3.65. The molecule has 1 N–H and O–H groups in total. The van der Waals surface area contributed by atoms with Gasteiger partial charge in [-0.05, 0) is 6.92 Å². The number of likely N-dealkylation sites (N-methyl/N-ethyl adjacent to an activating group) is 1. The van der Waals surface area contributed by atoms with Gasteiger partial charge in [0.25, 0.3) is 0 Å². The lowest BCUT2D eigenvalue weighted by atomic mass is 10.2. The minimum absolute atomic E-state index is 0.249. The summed E-state index contributed by atoms with van der Waals surface area (Å²) in [6.45, 7) is 1.67. The number of hydrogen-bond donors (Lipinski definition) is 1. The maximum absolute atomic E-state index is 11.4. The molecule has 0 saturated carbocycles. The summed E-state index contributed by atoms with van der Waals surface area (Å²) in [4.78, 5) is 35.4. The predicted octanol–water partition coefficient (Wildman–Crippen LogP) is -1.24. The molecule has 6 nitrogen and oxygen atoms in total. The van der Waals surface area contributed by atoms with Crippen molar-refractivity contribution in [3.63, 3.8) is 0 Å². The van der Waals surface area contributed by atoms with Gasteiger partial charge in [0.2, 0.25) is 0 Å². The van der Waals surface area contributed by atoms with E-state index in [0.717, 1.165) is 4.90 Å². The third-order valence-corrected chi connectivity index (χ3v) is 2.17. The van der Waals surface area contributed by atoms with Gasteiger partial charge in [-0.25, -0.2) is 0 Å². The van der Waals surface area contributed by atoms with Gasteiger partial charge in [0.1, 0.15) is 6.54 Å². The van der Waals surface area contributed by atoms with Crippen molar-refractivity contribution in [3.05, 3.63) is 0 Å². The molecule has 0 radical (unpaired) electrons. The predicted molar refractivity (Wildman–Crippen MR) is 46.4 cm³/mol. The number of rotatable bonds is 2. The first-order valence-electron chi connectivity index (χ1n) is 4.21. The van der Waals surface area contributed by atoms with Crippen LogP contribution in [-0.4, -0.2) is 58.9 Å². The first-order chi connectivity index (χ1) is 6.43. The van der Waals surface area contributed by atoms with Crippen molar-refractivity contribution in [1.82, 2.24) is 9.80 Å². The average molecular weight is 200 g/mol. The highest BCUT2D eigenvalue weighted by molar-refractivity contribution is 6.35. The number of carboxylic acid groups (broad SMARTS) is 1. The quantitative estimate of drug-likeness (QED) is 0.565. The summed E-state index contributed by atoms with van der Waals surface area (Å²) in [5, 5.41) is 8.53. The molecule has 0 aromatic carbocycles. The maximum Gasteiger partial charge on any atom is 0.323 e. The number of carbonyl (C=O) groups excluding carboxylic acids is 2. The summed E-state index contributed by atoms with van der Waals surface area (Å²) in [5.41, 5.74) is 0. The lowest BCUT2D eigenvalue weighted by Crippen LogP contribution is -2.58. The Morgan fingerprint density at radius 3 is 2.57 bits per heavy atom. The minimum Gasteiger partial charge on any atom is -0.480 e. The Morgan fingerprint density at radius 1 is 1.50 bits per heavy atom. The Bertz CT molecular complexity index is 289. The lowest BCUT2D eigenvalue weighted by molar-refractivity contribution is -0.160. The molecule has 14 heavy (non-hydrogen) atoms. The number of piperazine rings is 1. The van der Waals surface area contributed by atoms with Crippen molar-refractivity contribution in [1.29, 1.82) is 0 Å². The second-order valence-corrected chi connectivity index (χ2v) is 3.36. The average Bonchev–Trinajstić information content (AvgIpc) is 2.09. The molecule has 1 rings (SSSR count). The van der Waals surface area contributed by atoms with Crippen LogP contribution in [0.2, 0.25) is 0 Å². The van der Waals surface area contributed by atoms with Crippen molar-refractivity contribution >= 4 is 17.8 Å². The van der Waals surface area contributed by atoms with Gasteiger partial charge < -0.3 is 14.9 Å². The van der Waals surface area contributed by atoms with Crippen LogP contribution in [0, 0.1) is 0 Å². The van der Waals surface area contributed by atoms with Crippen LogP contribution in [-0.2, 0) is 14.4 Å². The highest BCUT2D eigenvalue weighted by Gasteiger charge is 2.35. The lowest BCUT2D eigenvalue weighted by Gasteiger charge is -2.36. The third kappa shape index (κ3) is 1.84. The number of aliphatic carboxylic acids is 1. The first-order valence-corrected chi connectivity index (χ1v) is 4.21. The normalized spacial score (nSPS) is 22.9. The first kappa shape index (κ1) is 10.5. The molecule has 1 aliphatic heterocycles. The molecular weight excluding hydrogens is 188 g/mol. The van der Waals surface area contributed by atoms with Gasteiger partial charge in [-0.15, -0.1) is 0 Å². The molecule has 0 aromatic heterocycles. The molecule has 0 aliphatic carbocycles. The summed E-state index contributed by atoms with van der Waals surface area (Å²) in [5.74, 6) is -2.50. The van der Waals surface area contributed by atoms with Crippen LogP contribution in [0.25, 0.3) is 0 Å². The van der Waals surface area contributed by atoms with E-state index in [4.69, 9.17) is 5.11 Å². The van der Waals surface area contributed by atoms with E-state index in [1.54, 1.807) is 6.92 Å². The van der Waals surface area contributed by atoms with Crippen molar-refractivity contribution in [2.24, 2.45) is 0 Å². The number of hydrogen-bond acceptors (Lipinski definition) is 3. The summed E-state index contributed by atoms with van der Waals surface area (Å²) >= 11 is 0. The molecule has 1 saturated heterocycles. The fourth-order valence-electron chi connectivity index (χ4n) is 1.44. The SMILES string of the molecule is CC1CN(C)C(=O)C(=O)N1CC(=O)O. The third-order valence-electron chi connectivity index (χ3n) is 2.17. The molecule has 1 atom stereocenters. The van der Waals surface area contributed by atoms with Crippen LogP contribution < -0.4 is 0 Å². The van der Waals surface area contributed by atoms with E-state index in [1.807, 2.05) is 0 Å². The van der Waals surface area contributed by atoms with Crippen LogP contribution in [0.1, 0.15) is 6.92 Å². The Balaban J connectivity index is 2.79. The summed E-state index contributed by atoms with van der Waals surface area (Å²) in [6, 6.07) is -0.249. The fourth-order valence-corrected chi connectivity index (χ4v) is 1.44. The van der Waals surface area contributed by atoms with Crippen molar-refractivity contribution < 1.29 is 19.5 Å². The van der Waals surface area contributed by atoms with Crippen molar-refractivity contribution in [2.75, 3.05) is 20.1 Å². The van der Waals surface area contributed by atoms with E-state index < -0.39 is 24.3 Å². The van der Waals surface area contributed by atoms with E-state index in [0.29, 0.717) is 6.54 Å². The Labute approximate surface area is 81.1 Å². The van der Waals surface area contributed by atoms with Crippen LogP contribution in [0.4, 0.5) is 0 Å². The summed E-state index contributed by atoms with van der Waals surface area (Å²) < 4.78 is 0. The highest BCUT2D eigenvalue weighted by Crippen LogP contribution is 2.09. The van der Waals surface area contributed by atoms with Crippen molar-refractivity contribution in [3.8, 4) is 0 Å². The molecular formula is C8H12N2O4. The van der Waals surface area contributed by atoms with Crippen LogP contribution in [0.3, 0.4) is 0 Å². The molecule has 6 heteroatoms. The zero-order valence-corrected chi connectivity index (χ0v) is 8.06. The zero-order valence-electron chi connectivity index (χ0n) is 8.06. The van der Waals surface area contributed by atoms with Gasteiger partial charge in [-0.2, -0.15) is 0 Å². The fraction of sp³-hybridized carbons (Fsp3) is 0.625. The molecule has 1 fully saturated rings. The zero-order chi connectivity index (χ0) is 10.9. The molecule has 0 aromatic rings. The van der Waals surface area contributed by atoms with E-state index >= 15 is 0 Å².